The van der Waals surface area contributed by atoms with E-state index in [1.807, 2.05) is 30.3 Å². The molecule has 16 heavy (non-hydrogen) atoms. The maximum atomic E-state index is 8.52. The fourth-order valence-electron chi connectivity index (χ4n) is 1.29. The van der Waals surface area contributed by atoms with E-state index >= 15 is 0 Å². The molecule has 1 aromatic heterocycles. The Morgan fingerprint density at radius 1 is 1.38 bits per heavy atom. The van der Waals surface area contributed by atoms with Crippen LogP contribution in [0.5, 0.6) is 0 Å². The Morgan fingerprint density at radius 2 is 2.12 bits per heavy atom. The molecule has 0 fully saturated rings. The molecule has 0 aliphatic rings. The van der Waals surface area contributed by atoms with Gasteiger partial charge in [-0.3, -0.25) is 0 Å². The Bertz CT molecular complexity index is 491. The van der Waals surface area contributed by atoms with Gasteiger partial charge in [0, 0.05) is 5.56 Å². The molecule has 0 radical (unpaired) electrons. The first kappa shape index (κ1) is 10.4. The third kappa shape index (κ3) is 2.25. The quantitative estimate of drug-likeness (QED) is 0.485. The molecule has 5 heteroatoms. The molecule has 82 valence electrons. The van der Waals surface area contributed by atoms with E-state index in [0.717, 1.165) is 5.56 Å². The summed E-state index contributed by atoms with van der Waals surface area (Å²) in [4.78, 5) is 4.20. The average molecular weight is 217 g/mol. The van der Waals surface area contributed by atoms with Gasteiger partial charge < -0.3 is 9.73 Å². The summed E-state index contributed by atoms with van der Waals surface area (Å²) >= 11 is 0. The number of oxime groups is 1. The van der Waals surface area contributed by atoms with Crippen molar-refractivity contribution >= 4 is 5.71 Å². The topological polar surface area (TPSA) is 71.5 Å². The Kier molecular flexibility index (Phi) is 2.95. The molecule has 0 atom stereocenters. The largest absolute Gasteiger partial charge is 0.411 e. The number of hydrogen-bond acceptors (Lipinski definition) is 5. The normalized spacial score (nSPS) is 11.7. The van der Waals surface area contributed by atoms with Gasteiger partial charge in [0.2, 0.25) is 11.7 Å². The van der Waals surface area contributed by atoms with Crippen molar-refractivity contribution in [3.8, 4) is 11.4 Å². The fourth-order valence-corrected chi connectivity index (χ4v) is 1.29. The van der Waals surface area contributed by atoms with E-state index in [1.54, 1.807) is 6.92 Å². The Balaban J connectivity index is 2.20. The van der Waals surface area contributed by atoms with Crippen LogP contribution in [-0.4, -0.2) is 21.1 Å². The number of aromatic nitrogens is 2. The first-order valence-electron chi connectivity index (χ1n) is 4.85. The van der Waals surface area contributed by atoms with E-state index in [4.69, 9.17) is 9.73 Å². The molecule has 0 aliphatic heterocycles. The summed E-state index contributed by atoms with van der Waals surface area (Å²) in [6.07, 6.45) is 0.357. The summed E-state index contributed by atoms with van der Waals surface area (Å²) < 4.78 is 5.04. The molecule has 0 bridgehead atoms. The van der Waals surface area contributed by atoms with Crippen LogP contribution in [0.3, 0.4) is 0 Å². The minimum absolute atomic E-state index is 0.357. The van der Waals surface area contributed by atoms with E-state index in [2.05, 4.69) is 15.3 Å². The number of hydrogen-bond donors (Lipinski definition) is 1. The van der Waals surface area contributed by atoms with Gasteiger partial charge in [-0.25, -0.2) is 0 Å². The summed E-state index contributed by atoms with van der Waals surface area (Å²) in [5, 5.41) is 15.4. The van der Waals surface area contributed by atoms with Crippen LogP contribution < -0.4 is 0 Å². The van der Waals surface area contributed by atoms with Crippen LogP contribution in [0.4, 0.5) is 0 Å². The molecular weight excluding hydrogens is 206 g/mol. The molecule has 0 saturated heterocycles. The standard InChI is InChI=1S/C11H11N3O2/c1-8(13-15)7-10-12-11(14-16-10)9-5-3-2-4-6-9/h2-6,15H,7H2,1H3/b13-8+. The average Bonchev–Trinajstić information content (AvgIpc) is 2.78. The molecule has 2 rings (SSSR count). The van der Waals surface area contributed by atoms with Crippen LogP contribution in [0.15, 0.2) is 40.0 Å². The maximum absolute atomic E-state index is 8.52. The second kappa shape index (κ2) is 4.57. The molecular formula is C11H11N3O2. The molecule has 0 unspecified atom stereocenters. The van der Waals surface area contributed by atoms with E-state index in [-0.39, 0.29) is 0 Å². The Labute approximate surface area is 92.4 Å². The molecule has 5 nitrogen and oxygen atoms in total. The van der Waals surface area contributed by atoms with Crippen molar-refractivity contribution in [3.05, 3.63) is 36.2 Å². The predicted octanol–water partition coefficient (Wildman–Crippen LogP) is 2.13. The summed E-state index contributed by atoms with van der Waals surface area (Å²) in [7, 11) is 0. The van der Waals surface area contributed by atoms with Crippen LogP contribution in [0.25, 0.3) is 11.4 Å². The lowest BCUT2D eigenvalue weighted by Gasteiger charge is -1.91. The molecule has 0 amide bonds. The second-order valence-electron chi connectivity index (χ2n) is 3.39. The lowest BCUT2D eigenvalue weighted by atomic mass is 10.2. The zero-order valence-corrected chi connectivity index (χ0v) is 8.79. The fraction of sp³-hybridized carbons (Fsp3) is 0.182. The zero-order valence-electron chi connectivity index (χ0n) is 8.79. The van der Waals surface area contributed by atoms with Crippen LogP contribution in [-0.2, 0) is 6.42 Å². The Morgan fingerprint density at radius 3 is 2.81 bits per heavy atom. The highest BCUT2D eigenvalue weighted by atomic mass is 16.5. The molecule has 0 aliphatic carbocycles. The van der Waals surface area contributed by atoms with Gasteiger partial charge in [0.1, 0.15) is 0 Å². The highest BCUT2D eigenvalue weighted by Crippen LogP contribution is 2.14. The highest BCUT2D eigenvalue weighted by molar-refractivity contribution is 5.82. The van der Waals surface area contributed by atoms with E-state index in [9.17, 15) is 0 Å². The van der Waals surface area contributed by atoms with Gasteiger partial charge in [-0.2, -0.15) is 4.98 Å². The molecule has 0 saturated carbocycles. The predicted molar refractivity (Wildman–Crippen MR) is 58.3 cm³/mol. The van der Waals surface area contributed by atoms with Crippen molar-refractivity contribution in [3.63, 3.8) is 0 Å². The summed E-state index contributed by atoms with van der Waals surface area (Å²) in [6, 6.07) is 9.55. The van der Waals surface area contributed by atoms with Gasteiger partial charge in [0.25, 0.3) is 0 Å². The zero-order chi connectivity index (χ0) is 11.4. The van der Waals surface area contributed by atoms with Crippen LogP contribution >= 0.6 is 0 Å². The van der Waals surface area contributed by atoms with Gasteiger partial charge >= 0.3 is 0 Å². The van der Waals surface area contributed by atoms with Crippen LogP contribution in [0.1, 0.15) is 12.8 Å². The van der Waals surface area contributed by atoms with Gasteiger partial charge in [0.15, 0.2) is 0 Å². The summed E-state index contributed by atoms with van der Waals surface area (Å²) in [5.74, 6) is 0.982. The van der Waals surface area contributed by atoms with Gasteiger partial charge in [-0.15, -0.1) is 0 Å². The van der Waals surface area contributed by atoms with E-state index in [1.165, 1.54) is 0 Å². The number of benzene rings is 1. The van der Waals surface area contributed by atoms with Crippen molar-refractivity contribution in [2.24, 2.45) is 5.16 Å². The first-order chi connectivity index (χ1) is 7.79. The number of nitrogens with zero attached hydrogens (tertiary/aromatic N) is 3. The van der Waals surface area contributed by atoms with Gasteiger partial charge in [0.05, 0.1) is 12.1 Å². The van der Waals surface area contributed by atoms with E-state index < -0.39 is 0 Å². The van der Waals surface area contributed by atoms with Gasteiger partial charge in [-0.05, 0) is 6.92 Å². The highest BCUT2D eigenvalue weighted by Gasteiger charge is 2.08. The van der Waals surface area contributed by atoms with Crippen LogP contribution in [0, 0.1) is 0 Å². The SMILES string of the molecule is C/C(Cc1nc(-c2ccccc2)no1)=N\O. The molecule has 2 aromatic rings. The molecule has 1 aromatic carbocycles. The lowest BCUT2D eigenvalue weighted by Crippen LogP contribution is -1.97. The van der Waals surface area contributed by atoms with Gasteiger partial charge in [-0.1, -0.05) is 40.6 Å². The van der Waals surface area contributed by atoms with Crippen molar-refractivity contribution < 1.29 is 9.73 Å². The smallest absolute Gasteiger partial charge is 0.232 e. The van der Waals surface area contributed by atoms with Crippen molar-refractivity contribution in [2.45, 2.75) is 13.3 Å². The lowest BCUT2D eigenvalue weighted by molar-refractivity contribution is 0.316. The second-order valence-corrected chi connectivity index (χ2v) is 3.39. The molecule has 0 spiro atoms. The monoisotopic (exact) mass is 217 g/mol. The minimum Gasteiger partial charge on any atom is -0.411 e. The summed E-state index contributed by atoms with van der Waals surface area (Å²) in [5.41, 5.74) is 1.43. The molecule has 1 N–H and O–H groups in total. The van der Waals surface area contributed by atoms with Crippen molar-refractivity contribution in [1.82, 2.24) is 10.1 Å². The Hall–Kier alpha value is -2.17. The van der Waals surface area contributed by atoms with Crippen molar-refractivity contribution in [1.29, 1.82) is 0 Å². The third-order valence-corrected chi connectivity index (χ3v) is 2.08. The van der Waals surface area contributed by atoms with E-state index in [0.29, 0.717) is 23.8 Å². The minimum atomic E-state index is 0.357. The summed E-state index contributed by atoms with van der Waals surface area (Å²) in [6.45, 7) is 1.69. The third-order valence-electron chi connectivity index (χ3n) is 2.08. The van der Waals surface area contributed by atoms with Crippen LogP contribution in [0.2, 0.25) is 0 Å². The first-order valence-corrected chi connectivity index (χ1v) is 4.85. The molecule has 1 heterocycles. The maximum Gasteiger partial charge on any atom is 0.232 e. The number of rotatable bonds is 3. The van der Waals surface area contributed by atoms with Crippen molar-refractivity contribution in [2.75, 3.05) is 0 Å².